The van der Waals surface area contributed by atoms with Crippen molar-refractivity contribution in [3.05, 3.63) is 0 Å². The van der Waals surface area contributed by atoms with Crippen LogP contribution in [0.15, 0.2) is 0 Å². The second-order valence-corrected chi connectivity index (χ2v) is 4.86. The van der Waals surface area contributed by atoms with Crippen molar-refractivity contribution in [2.24, 2.45) is 0 Å². The van der Waals surface area contributed by atoms with E-state index in [1.807, 2.05) is 0 Å². The molecule has 1 rings (SSSR count). The van der Waals surface area contributed by atoms with E-state index in [1.54, 1.807) is 0 Å². The quantitative estimate of drug-likeness (QED) is 0.516. The normalized spacial score (nSPS) is 18.2. The van der Waals surface area contributed by atoms with E-state index in [-0.39, 0.29) is 5.97 Å². The van der Waals surface area contributed by atoms with Crippen molar-refractivity contribution in [2.75, 3.05) is 32.8 Å². The number of carbonyl (C=O) groups excluding carboxylic acids is 1. The third-order valence-electron chi connectivity index (χ3n) is 3.09. The zero-order valence-corrected chi connectivity index (χ0v) is 11.2. The van der Waals surface area contributed by atoms with Crippen LogP contribution >= 0.6 is 0 Å². The summed E-state index contributed by atoms with van der Waals surface area (Å²) in [4.78, 5) is 13.8. The smallest absolute Gasteiger partial charge is 0.319 e. The number of unbranched alkanes of at least 4 members (excludes halogenated alkanes) is 1. The van der Waals surface area contributed by atoms with Crippen molar-refractivity contribution in [1.82, 2.24) is 10.2 Å². The number of likely N-dealkylation sites (tertiary alicyclic amines) is 1. The number of hydrogen-bond acceptors (Lipinski definition) is 4. The molecule has 1 aliphatic heterocycles. The highest BCUT2D eigenvalue weighted by molar-refractivity contribution is 5.71. The molecule has 100 valence electrons. The van der Waals surface area contributed by atoms with Gasteiger partial charge in [0.15, 0.2) is 0 Å². The first-order valence-electron chi connectivity index (χ1n) is 6.83. The monoisotopic (exact) mass is 242 g/mol. The molecule has 0 amide bonds. The molecule has 4 nitrogen and oxygen atoms in total. The van der Waals surface area contributed by atoms with Gasteiger partial charge in [-0.05, 0) is 39.3 Å². The minimum Gasteiger partial charge on any atom is -0.465 e. The molecule has 0 spiro atoms. The first kappa shape index (κ1) is 14.5. The molecule has 0 aromatic rings. The van der Waals surface area contributed by atoms with Gasteiger partial charge in [-0.1, -0.05) is 13.3 Å². The molecule has 0 aromatic heterocycles. The van der Waals surface area contributed by atoms with Crippen molar-refractivity contribution in [2.45, 2.75) is 45.6 Å². The molecule has 0 aliphatic carbocycles. The summed E-state index contributed by atoms with van der Waals surface area (Å²) in [6.45, 7) is 8.53. The molecule has 1 N–H and O–H groups in total. The first-order chi connectivity index (χ1) is 8.22. The van der Waals surface area contributed by atoms with Gasteiger partial charge in [-0.3, -0.25) is 4.79 Å². The van der Waals surface area contributed by atoms with Crippen LogP contribution in [0.2, 0.25) is 0 Å². The molecule has 0 saturated carbocycles. The molecule has 1 fully saturated rings. The Morgan fingerprint density at radius 1 is 1.41 bits per heavy atom. The van der Waals surface area contributed by atoms with Crippen LogP contribution in [0, 0.1) is 0 Å². The predicted molar refractivity (Wildman–Crippen MR) is 69.0 cm³/mol. The summed E-state index contributed by atoms with van der Waals surface area (Å²) < 4.78 is 5.09. The summed E-state index contributed by atoms with van der Waals surface area (Å²) in [5, 5.41) is 3.22. The molecular weight excluding hydrogens is 216 g/mol. The van der Waals surface area contributed by atoms with Gasteiger partial charge in [0.05, 0.1) is 13.2 Å². The number of nitrogens with zero attached hydrogens (tertiary/aromatic N) is 1. The van der Waals surface area contributed by atoms with Crippen molar-refractivity contribution in [1.29, 1.82) is 0 Å². The van der Waals surface area contributed by atoms with Crippen LogP contribution in [0.1, 0.15) is 39.5 Å². The van der Waals surface area contributed by atoms with Gasteiger partial charge in [0.2, 0.25) is 0 Å². The Hall–Kier alpha value is -0.610. The van der Waals surface area contributed by atoms with E-state index in [0.717, 1.165) is 19.4 Å². The molecule has 1 unspecified atom stereocenters. The molecule has 0 aromatic carbocycles. The lowest BCUT2D eigenvalue weighted by molar-refractivity contribution is -0.142. The van der Waals surface area contributed by atoms with E-state index < -0.39 is 0 Å². The number of carbonyl (C=O) groups is 1. The van der Waals surface area contributed by atoms with E-state index in [0.29, 0.717) is 19.2 Å². The van der Waals surface area contributed by atoms with Crippen LogP contribution in [0.4, 0.5) is 0 Å². The average Bonchev–Trinajstić information content (AvgIpc) is 2.79. The van der Waals surface area contributed by atoms with Crippen LogP contribution in [0.5, 0.6) is 0 Å². The zero-order valence-electron chi connectivity index (χ0n) is 11.2. The average molecular weight is 242 g/mol. The minimum absolute atomic E-state index is 0.133. The van der Waals surface area contributed by atoms with Crippen LogP contribution in [-0.4, -0.2) is 49.7 Å². The molecule has 17 heavy (non-hydrogen) atoms. The molecule has 0 bridgehead atoms. The summed E-state index contributed by atoms with van der Waals surface area (Å²) in [6.07, 6.45) is 4.64. The standard InChI is InChI=1S/C13H26N2O2/c1-3-4-9-17-13(16)10-14-12(2)11-15-7-5-6-8-15/h12,14H,3-11H2,1-2H3. The van der Waals surface area contributed by atoms with Crippen molar-refractivity contribution < 1.29 is 9.53 Å². The number of ether oxygens (including phenoxy) is 1. The lowest BCUT2D eigenvalue weighted by Gasteiger charge is -2.20. The summed E-state index contributed by atoms with van der Waals surface area (Å²) in [6, 6.07) is 0.354. The molecule has 0 radical (unpaired) electrons. The third kappa shape index (κ3) is 6.64. The molecule has 4 heteroatoms. The first-order valence-corrected chi connectivity index (χ1v) is 6.83. The number of esters is 1. The van der Waals surface area contributed by atoms with Gasteiger partial charge in [-0.25, -0.2) is 0 Å². The van der Waals surface area contributed by atoms with Crippen LogP contribution < -0.4 is 5.32 Å². The van der Waals surface area contributed by atoms with Gasteiger partial charge in [0.25, 0.3) is 0 Å². The van der Waals surface area contributed by atoms with E-state index in [9.17, 15) is 4.79 Å². The number of rotatable bonds is 8. The van der Waals surface area contributed by atoms with Gasteiger partial charge >= 0.3 is 5.97 Å². The fourth-order valence-electron chi connectivity index (χ4n) is 2.06. The van der Waals surface area contributed by atoms with E-state index >= 15 is 0 Å². The Bertz CT molecular complexity index is 215. The van der Waals surface area contributed by atoms with Crippen molar-refractivity contribution in [3.63, 3.8) is 0 Å². The summed E-state index contributed by atoms with van der Waals surface area (Å²) in [7, 11) is 0. The molecule has 1 atom stereocenters. The molecular formula is C13H26N2O2. The maximum absolute atomic E-state index is 11.4. The summed E-state index contributed by atoms with van der Waals surface area (Å²) in [5.41, 5.74) is 0. The zero-order chi connectivity index (χ0) is 12.5. The lowest BCUT2D eigenvalue weighted by Crippen LogP contribution is -2.40. The Balaban J connectivity index is 2.01. The van der Waals surface area contributed by atoms with Crippen LogP contribution in [-0.2, 0) is 9.53 Å². The van der Waals surface area contributed by atoms with Gasteiger partial charge in [0, 0.05) is 12.6 Å². The highest BCUT2D eigenvalue weighted by atomic mass is 16.5. The molecule has 1 aliphatic rings. The highest BCUT2D eigenvalue weighted by Gasteiger charge is 2.14. The Labute approximate surface area is 105 Å². The highest BCUT2D eigenvalue weighted by Crippen LogP contribution is 2.07. The Morgan fingerprint density at radius 2 is 2.12 bits per heavy atom. The van der Waals surface area contributed by atoms with Gasteiger partial charge < -0.3 is 15.0 Å². The van der Waals surface area contributed by atoms with Gasteiger partial charge in [0.1, 0.15) is 0 Å². The summed E-state index contributed by atoms with van der Waals surface area (Å²) in [5.74, 6) is -0.133. The largest absolute Gasteiger partial charge is 0.465 e. The minimum atomic E-state index is -0.133. The maximum Gasteiger partial charge on any atom is 0.319 e. The number of nitrogens with one attached hydrogen (secondary N) is 1. The second-order valence-electron chi connectivity index (χ2n) is 4.86. The Kier molecular flexibility index (Phi) is 7.21. The van der Waals surface area contributed by atoms with Crippen LogP contribution in [0.25, 0.3) is 0 Å². The third-order valence-corrected chi connectivity index (χ3v) is 3.09. The van der Waals surface area contributed by atoms with Crippen LogP contribution in [0.3, 0.4) is 0 Å². The van der Waals surface area contributed by atoms with E-state index in [2.05, 4.69) is 24.1 Å². The topological polar surface area (TPSA) is 41.6 Å². The maximum atomic E-state index is 11.4. The second kappa shape index (κ2) is 8.48. The summed E-state index contributed by atoms with van der Waals surface area (Å²) >= 11 is 0. The number of hydrogen-bond donors (Lipinski definition) is 1. The van der Waals surface area contributed by atoms with E-state index in [4.69, 9.17) is 4.74 Å². The fraction of sp³-hybridized carbons (Fsp3) is 0.923. The predicted octanol–water partition coefficient (Wildman–Crippen LogP) is 1.40. The molecule has 1 heterocycles. The Morgan fingerprint density at radius 3 is 2.76 bits per heavy atom. The van der Waals surface area contributed by atoms with Gasteiger partial charge in [-0.15, -0.1) is 0 Å². The van der Waals surface area contributed by atoms with E-state index in [1.165, 1.54) is 25.9 Å². The van der Waals surface area contributed by atoms with Crippen molar-refractivity contribution in [3.8, 4) is 0 Å². The van der Waals surface area contributed by atoms with Gasteiger partial charge in [-0.2, -0.15) is 0 Å². The van der Waals surface area contributed by atoms with Crippen molar-refractivity contribution >= 4 is 5.97 Å². The SMILES string of the molecule is CCCCOC(=O)CNC(C)CN1CCCC1. The fourth-order valence-corrected chi connectivity index (χ4v) is 2.06. The lowest BCUT2D eigenvalue weighted by atomic mass is 10.3. The molecule has 1 saturated heterocycles.